The molecule has 3 heterocycles. The molecule has 1 aliphatic rings. The second-order valence-corrected chi connectivity index (χ2v) is 7.97. The number of hydrogen-bond donors (Lipinski definition) is 1. The lowest BCUT2D eigenvalue weighted by molar-refractivity contribution is -0.132. The molecule has 0 radical (unpaired) electrons. The van der Waals surface area contributed by atoms with Crippen molar-refractivity contribution in [2.24, 2.45) is 0 Å². The van der Waals surface area contributed by atoms with Crippen molar-refractivity contribution in [3.8, 4) is 11.4 Å². The van der Waals surface area contributed by atoms with E-state index in [1.807, 2.05) is 56.0 Å². The number of aromatic amines is 1. The van der Waals surface area contributed by atoms with Crippen molar-refractivity contribution in [1.82, 2.24) is 29.6 Å². The molecule has 0 aliphatic carbocycles. The van der Waals surface area contributed by atoms with Gasteiger partial charge < -0.3 is 9.80 Å². The van der Waals surface area contributed by atoms with Crippen LogP contribution in [0.2, 0.25) is 0 Å². The smallest absolute Gasteiger partial charge is 0.242 e. The molecule has 0 unspecified atom stereocenters. The predicted octanol–water partition coefficient (Wildman–Crippen LogP) is 2.67. The van der Waals surface area contributed by atoms with Crippen LogP contribution in [0.5, 0.6) is 0 Å². The summed E-state index contributed by atoms with van der Waals surface area (Å²) >= 11 is 5.38. The fourth-order valence-electron chi connectivity index (χ4n) is 3.67. The van der Waals surface area contributed by atoms with Crippen LogP contribution in [0.3, 0.4) is 0 Å². The standard InChI is InChI=1S/C21H25N7OS/c1-14-4-6-17(7-5-14)20-24-25-21(30)28(20)13-19(29)27-10-8-26(9-11-27)18-12-15(2)22-16(3)23-18/h4-7,12H,8-11,13H2,1-3H3,(H,25,30). The Bertz CT molecular complexity index is 1090. The maximum Gasteiger partial charge on any atom is 0.242 e. The first kappa shape index (κ1) is 20.2. The summed E-state index contributed by atoms with van der Waals surface area (Å²) in [6, 6.07) is 10.0. The van der Waals surface area contributed by atoms with E-state index in [1.165, 1.54) is 5.56 Å². The quantitative estimate of drug-likeness (QED) is 0.650. The number of carbonyl (C=O) groups is 1. The molecule has 0 saturated carbocycles. The number of piperazine rings is 1. The lowest BCUT2D eigenvalue weighted by Crippen LogP contribution is -2.50. The van der Waals surface area contributed by atoms with E-state index in [4.69, 9.17) is 12.2 Å². The lowest BCUT2D eigenvalue weighted by Gasteiger charge is -2.35. The van der Waals surface area contributed by atoms with Gasteiger partial charge in [-0.15, -0.1) is 0 Å². The van der Waals surface area contributed by atoms with Crippen molar-refractivity contribution >= 4 is 23.9 Å². The molecule has 9 heteroatoms. The van der Waals surface area contributed by atoms with E-state index in [-0.39, 0.29) is 12.5 Å². The van der Waals surface area contributed by atoms with Gasteiger partial charge in [-0.2, -0.15) is 5.10 Å². The zero-order chi connectivity index (χ0) is 21.3. The number of anilines is 1. The molecule has 0 atom stereocenters. The average molecular weight is 424 g/mol. The second kappa shape index (κ2) is 8.35. The Kier molecular flexibility index (Phi) is 5.63. The van der Waals surface area contributed by atoms with Gasteiger partial charge >= 0.3 is 0 Å². The summed E-state index contributed by atoms with van der Waals surface area (Å²) < 4.78 is 2.22. The van der Waals surface area contributed by atoms with E-state index in [1.54, 1.807) is 4.57 Å². The van der Waals surface area contributed by atoms with Crippen LogP contribution in [0.4, 0.5) is 5.82 Å². The fourth-order valence-corrected chi connectivity index (χ4v) is 3.86. The molecule has 1 N–H and O–H groups in total. The molecule has 156 valence electrons. The predicted molar refractivity (Wildman–Crippen MR) is 118 cm³/mol. The number of nitrogens with one attached hydrogen (secondary N) is 1. The van der Waals surface area contributed by atoms with Gasteiger partial charge in [-0.3, -0.25) is 14.5 Å². The number of amides is 1. The Labute approximate surface area is 180 Å². The first-order chi connectivity index (χ1) is 14.4. The van der Waals surface area contributed by atoms with Crippen LogP contribution < -0.4 is 4.90 Å². The number of H-pyrrole nitrogens is 1. The van der Waals surface area contributed by atoms with Crippen LogP contribution in [0.1, 0.15) is 17.1 Å². The van der Waals surface area contributed by atoms with Gasteiger partial charge in [-0.1, -0.05) is 29.8 Å². The van der Waals surface area contributed by atoms with Crippen LogP contribution in [0, 0.1) is 25.5 Å². The third-order valence-electron chi connectivity index (χ3n) is 5.27. The Morgan fingerprint density at radius 1 is 1.07 bits per heavy atom. The van der Waals surface area contributed by atoms with Crippen LogP contribution in [-0.2, 0) is 11.3 Å². The lowest BCUT2D eigenvalue weighted by atomic mass is 10.1. The summed E-state index contributed by atoms with van der Waals surface area (Å²) in [4.78, 5) is 25.9. The van der Waals surface area contributed by atoms with E-state index >= 15 is 0 Å². The van der Waals surface area contributed by atoms with Gasteiger partial charge in [0.05, 0.1) is 0 Å². The number of carbonyl (C=O) groups excluding carboxylic acids is 1. The summed E-state index contributed by atoms with van der Waals surface area (Å²) in [6.07, 6.45) is 0. The molecule has 1 amide bonds. The summed E-state index contributed by atoms with van der Waals surface area (Å²) in [5.41, 5.74) is 3.05. The number of aromatic nitrogens is 5. The number of nitrogens with zero attached hydrogens (tertiary/aromatic N) is 6. The minimum atomic E-state index is 0.0376. The number of aryl methyl sites for hydroxylation is 3. The van der Waals surface area contributed by atoms with E-state index in [0.29, 0.717) is 23.7 Å². The highest BCUT2D eigenvalue weighted by Gasteiger charge is 2.23. The van der Waals surface area contributed by atoms with E-state index in [2.05, 4.69) is 25.1 Å². The summed E-state index contributed by atoms with van der Waals surface area (Å²) in [5.74, 6) is 2.40. The summed E-state index contributed by atoms with van der Waals surface area (Å²) in [7, 11) is 0. The molecule has 1 aliphatic heterocycles. The molecule has 0 spiro atoms. The maximum atomic E-state index is 13.0. The topological polar surface area (TPSA) is 82.9 Å². The average Bonchev–Trinajstić information content (AvgIpc) is 3.08. The van der Waals surface area contributed by atoms with Crippen LogP contribution >= 0.6 is 12.2 Å². The van der Waals surface area contributed by atoms with Crippen LogP contribution in [-0.4, -0.2) is 61.7 Å². The van der Waals surface area contributed by atoms with E-state index in [9.17, 15) is 4.79 Å². The zero-order valence-electron chi connectivity index (χ0n) is 17.4. The molecule has 3 aromatic rings. The number of benzene rings is 1. The van der Waals surface area contributed by atoms with Gasteiger partial charge in [0.1, 0.15) is 18.2 Å². The third-order valence-corrected chi connectivity index (χ3v) is 5.58. The van der Waals surface area contributed by atoms with Crippen molar-refractivity contribution in [2.45, 2.75) is 27.3 Å². The van der Waals surface area contributed by atoms with Gasteiger partial charge in [0, 0.05) is 43.5 Å². The molecule has 8 nitrogen and oxygen atoms in total. The third kappa shape index (κ3) is 4.25. The number of rotatable bonds is 4. The van der Waals surface area contributed by atoms with E-state index in [0.717, 1.165) is 36.0 Å². The molecule has 1 fully saturated rings. The first-order valence-corrected chi connectivity index (χ1v) is 10.4. The highest BCUT2D eigenvalue weighted by molar-refractivity contribution is 7.71. The van der Waals surface area contributed by atoms with Crippen LogP contribution in [0.25, 0.3) is 11.4 Å². The van der Waals surface area contributed by atoms with Crippen molar-refractivity contribution in [2.75, 3.05) is 31.1 Å². The van der Waals surface area contributed by atoms with E-state index < -0.39 is 0 Å². The second-order valence-electron chi connectivity index (χ2n) is 7.59. The molecule has 1 saturated heterocycles. The molecule has 30 heavy (non-hydrogen) atoms. The minimum Gasteiger partial charge on any atom is -0.353 e. The summed E-state index contributed by atoms with van der Waals surface area (Å²) in [5, 5.41) is 7.16. The highest BCUT2D eigenvalue weighted by atomic mass is 32.1. The van der Waals surface area contributed by atoms with Gasteiger partial charge in [0.25, 0.3) is 0 Å². The zero-order valence-corrected chi connectivity index (χ0v) is 18.2. The van der Waals surface area contributed by atoms with Crippen molar-refractivity contribution < 1.29 is 4.79 Å². The summed E-state index contributed by atoms with van der Waals surface area (Å²) in [6.45, 7) is 8.84. The molecule has 1 aromatic carbocycles. The maximum absolute atomic E-state index is 13.0. The van der Waals surface area contributed by atoms with Gasteiger partial charge in [-0.05, 0) is 33.0 Å². The normalized spacial score (nSPS) is 14.2. The van der Waals surface area contributed by atoms with Crippen molar-refractivity contribution in [3.63, 3.8) is 0 Å². The Hall–Kier alpha value is -3.07. The van der Waals surface area contributed by atoms with Gasteiger partial charge in [0.15, 0.2) is 10.6 Å². The first-order valence-electron chi connectivity index (χ1n) is 9.98. The Morgan fingerprint density at radius 3 is 2.43 bits per heavy atom. The molecule has 4 rings (SSSR count). The number of hydrogen-bond acceptors (Lipinski definition) is 6. The molecular formula is C21H25N7OS. The van der Waals surface area contributed by atoms with Crippen molar-refractivity contribution in [3.05, 3.63) is 52.2 Å². The fraction of sp³-hybridized carbons (Fsp3) is 0.381. The molecular weight excluding hydrogens is 398 g/mol. The van der Waals surface area contributed by atoms with Gasteiger partial charge in [-0.25, -0.2) is 9.97 Å². The minimum absolute atomic E-state index is 0.0376. The largest absolute Gasteiger partial charge is 0.353 e. The molecule has 2 aromatic heterocycles. The SMILES string of the molecule is Cc1ccc(-c2n[nH]c(=S)n2CC(=O)N2CCN(c3cc(C)nc(C)n3)CC2)cc1. The van der Waals surface area contributed by atoms with Crippen molar-refractivity contribution in [1.29, 1.82) is 0 Å². The monoisotopic (exact) mass is 423 g/mol. The Balaban J connectivity index is 1.44. The van der Waals surface area contributed by atoms with Gasteiger partial charge in [0.2, 0.25) is 5.91 Å². The highest BCUT2D eigenvalue weighted by Crippen LogP contribution is 2.19. The van der Waals surface area contributed by atoms with Crippen LogP contribution in [0.15, 0.2) is 30.3 Å². The Morgan fingerprint density at radius 2 is 1.77 bits per heavy atom. The molecule has 0 bridgehead atoms.